The van der Waals surface area contributed by atoms with Crippen molar-refractivity contribution in [3.63, 3.8) is 0 Å². The van der Waals surface area contributed by atoms with Gasteiger partial charge in [-0.15, -0.1) is 0 Å². The summed E-state index contributed by atoms with van der Waals surface area (Å²) in [5.41, 5.74) is 0. The van der Waals surface area contributed by atoms with Crippen molar-refractivity contribution < 1.29 is 80.2 Å². The summed E-state index contributed by atoms with van der Waals surface area (Å²) in [6.07, 6.45) is 37.8. The number of carbonyl (C=O) groups excluding carboxylic acids is 4. The predicted molar refractivity (Wildman–Crippen MR) is 317 cm³/mol. The van der Waals surface area contributed by atoms with Gasteiger partial charge in [0.25, 0.3) is 0 Å². The highest BCUT2D eigenvalue weighted by molar-refractivity contribution is 7.47. The van der Waals surface area contributed by atoms with Crippen LogP contribution in [0.2, 0.25) is 0 Å². The molecule has 0 fully saturated rings. The van der Waals surface area contributed by atoms with Crippen LogP contribution in [-0.4, -0.2) is 96.7 Å². The maximum atomic E-state index is 12.9. The molecule has 0 heterocycles. The lowest BCUT2D eigenvalue weighted by atomic mass is 10.0. The monoisotopic (exact) mass is 1180 g/mol. The average Bonchev–Trinajstić information content (AvgIpc) is 3.42. The molecular formula is C61H118O17P2. The highest BCUT2D eigenvalue weighted by Gasteiger charge is 2.30. The third-order valence-electron chi connectivity index (χ3n) is 14.0. The smallest absolute Gasteiger partial charge is 0.462 e. The summed E-state index contributed by atoms with van der Waals surface area (Å²) >= 11 is 0. The molecule has 0 bridgehead atoms. The lowest BCUT2D eigenvalue weighted by molar-refractivity contribution is -0.161. The maximum absolute atomic E-state index is 12.9. The molecule has 2 unspecified atom stereocenters. The van der Waals surface area contributed by atoms with E-state index in [4.69, 9.17) is 37.0 Å². The van der Waals surface area contributed by atoms with Gasteiger partial charge in [0.2, 0.25) is 0 Å². The number of carbonyl (C=O) groups is 4. The molecule has 0 aliphatic rings. The standard InChI is InChI=1S/C61H118O17P2/c1-6-9-12-15-18-20-21-22-23-24-25-26-31-37-42-47-61(66)78-57(51-72-59(64)45-40-35-32-27-29-33-38-43-54(4)5)53-76-80(69,70)74-49-55(62)48-73-79(67,68)75-52-56(50-71-58(63)44-39-34-28-17-14-11-8-3)77-60(65)46-41-36-30-19-16-13-10-7-2/h54-57,62H,6-53H2,1-5H3,(H,67,68)(H,69,70)/t55-,56+,57+/m0/s1. The zero-order valence-corrected chi connectivity index (χ0v) is 53.0. The van der Waals surface area contributed by atoms with Crippen molar-refractivity contribution in [1.29, 1.82) is 0 Å². The van der Waals surface area contributed by atoms with Gasteiger partial charge in [0, 0.05) is 25.7 Å². The second-order valence-corrected chi connectivity index (χ2v) is 25.5. The maximum Gasteiger partial charge on any atom is 0.472 e. The lowest BCUT2D eigenvalue weighted by Gasteiger charge is -2.21. The summed E-state index contributed by atoms with van der Waals surface area (Å²) in [7, 11) is -9.87. The number of ether oxygens (including phenoxy) is 4. The molecule has 80 heavy (non-hydrogen) atoms. The molecule has 0 spiro atoms. The number of unbranched alkanes of at least 4 members (excludes halogenated alkanes) is 33. The van der Waals surface area contributed by atoms with Gasteiger partial charge in [-0.25, -0.2) is 9.13 Å². The third-order valence-corrected chi connectivity index (χ3v) is 15.9. The molecule has 0 aromatic heterocycles. The van der Waals surface area contributed by atoms with Gasteiger partial charge in [0.05, 0.1) is 26.4 Å². The first-order valence-corrected chi connectivity index (χ1v) is 35.1. The fraction of sp³-hybridized carbons (Fsp3) is 0.934. The average molecular weight is 1190 g/mol. The van der Waals surface area contributed by atoms with E-state index in [9.17, 15) is 43.2 Å². The van der Waals surface area contributed by atoms with E-state index in [2.05, 4.69) is 34.6 Å². The Hall–Kier alpha value is -1.94. The van der Waals surface area contributed by atoms with Gasteiger partial charge < -0.3 is 33.8 Å². The van der Waals surface area contributed by atoms with E-state index in [0.717, 1.165) is 116 Å². The van der Waals surface area contributed by atoms with Gasteiger partial charge in [-0.3, -0.25) is 37.3 Å². The third kappa shape index (κ3) is 55.3. The van der Waals surface area contributed by atoms with E-state index in [1.54, 1.807) is 0 Å². The first-order chi connectivity index (χ1) is 38.5. The SMILES string of the molecule is CCCCCCCCCCCCCCCCCC(=O)O[C@H](COC(=O)CCCCCCCCCC(C)C)COP(=O)(O)OC[C@@H](O)COP(=O)(O)OC[C@@H](COC(=O)CCCCCCCCC)OC(=O)CCCCCCCCCC. The minimum absolute atomic E-state index is 0.104. The van der Waals surface area contributed by atoms with Crippen molar-refractivity contribution in [3.05, 3.63) is 0 Å². The number of hydrogen-bond acceptors (Lipinski definition) is 15. The van der Waals surface area contributed by atoms with E-state index < -0.39 is 97.5 Å². The minimum atomic E-state index is -4.94. The molecule has 0 saturated heterocycles. The predicted octanol–water partition coefficient (Wildman–Crippen LogP) is 16.6. The molecule has 0 aromatic carbocycles. The molecule has 3 N–H and O–H groups in total. The Labute approximate surface area is 486 Å². The number of phosphoric acid groups is 2. The van der Waals surface area contributed by atoms with Crippen LogP contribution in [0.3, 0.4) is 0 Å². The summed E-state index contributed by atoms with van der Waals surface area (Å²) in [6, 6.07) is 0. The van der Waals surface area contributed by atoms with Gasteiger partial charge in [0.15, 0.2) is 12.2 Å². The Bertz CT molecular complexity index is 1570. The van der Waals surface area contributed by atoms with Gasteiger partial charge >= 0.3 is 39.5 Å². The molecule has 0 amide bonds. The van der Waals surface area contributed by atoms with Gasteiger partial charge in [-0.2, -0.15) is 0 Å². The molecule has 0 aliphatic carbocycles. The van der Waals surface area contributed by atoms with Crippen LogP contribution in [0, 0.1) is 5.92 Å². The Morgan fingerprint density at radius 2 is 0.575 bits per heavy atom. The molecule has 19 heteroatoms. The fourth-order valence-corrected chi connectivity index (χ4v) is 10.6. The molecule has 0 rings (SSSR count). The first kappa shape index (κ1) is 78.1. The van der Waals surface area contributed by atoms with Gasteiger partial charge in [-0.05, 0) is 31.6 Å². The summed E-state index contributed by atoms with van der Waals surface area (Å²) < 4.78 is 67.7. The van der Waals surface area contributed by atoms with Crippen LogP contribution in [0.1, 0.15) is 304 Å². The van der Waals surface area contributed by atoms with Gasteiger partial charge in [-0.1, -0.05) is 253 Å². The van der Waals surface area contributed by atoms with E-state index in [0.29, 0.717) is 31.6 Å². The number of aliphatic hydroxyl groups excluding tert-OH is 1. The molecule has 17 nitrogen and oxygen atoms in total. The zero-order valence-electron chi connectivity index (χ0n) is 51.2. The van der Waals surface area contributed by atoms with E-state index in [1.807, 2.05) is 0 Å². The molecule has 0 saturated carbocycles. The number of hydrogen-bond donors (Lipinski definition) is 3. The molecule has 0 aromatic rings. The van der Waals surface area contributed by atoms with Crippen molar-refractivity contribution in [2.75, 3.05) is 39.6 Å². The second-order valence-electron chi connectivity index (χ2n) is 22.6. The van der Waals surface area contributed by atoms with E-state index in [-0.39, 0.29) is 25.7 Å². The van der Waals surface area contributed by atoms with Crippen LogP contribution in [0.25, 0.3) is 0 Å². The van der Waals surface area contributed by atoms with Crippen molar-refractivity contribution in [2.24, 2.45) is 5.92 Å². The summed E-state index contributed by atoms with van der Waals surface area (Å²) in [4.78, 5) is 71.9. The zero-order chi connectivity index (χ0) is 59.2. The summed E-state index contributed by atoms with van der Waals surface area (Å²) in [5.74, 6) is -1.44. The van der Waals surface area contributed by atoms with Crippen LogP contribution < -0.4 is 0 Å². The molecular weight excluding hydrogens is 1070 g/mol. The second kappa shape index (κ2) is 55.0. The molecule has 5 atom stereocenters. The summed E-state index contributed by atoms with van der Waals surface area (Å²) in [5, 5.41) is 10.5. The van der Waals surface area contributed by atoms with Crippen molar-refractivity contribution in [3.8, 4) is 0 Å². The molecule has 0 radical (unpaired) electrons. The number of aliphatic hydroxyl groups is 1. The summed E-state index contributed by atoms with van der Waals surface area (Å²) in [6.45, 7) is 7.05. The van der Waals surface area contributed by atoms with Crippen molar-refractivity contribution in [2.45, 2.75) is 323 Å². The van der Waals surface area contributed by atoms with Crippen LogP contribution >= 0.6 is 15.6 Å². The minimum Gasteiger partial charge on any atom is -0.462 e. The van der Waals surface area contributed by atoms with E-state index >= 15 is 0 Å². The fourth-order valence-electron chi connectivity index (χ4n) is 9.05. The van der Waals surface area contributed by atoms with Crippen LogP contribution in [-0.2, 0) is 65.4 Å². The Balaban J connectivity index is 5.18. The number of rotatable bonds is 61. The number of esters is 4. The Morgan fingerprint density at radius 3 is 0.850 bits per heavy atom. The van der Waals surface area contributed by atoms with Gasteiger partial charge in [0.1, 0.15) is 19.3 Å². The van der Waals surface area contributed by atoms with Crippen LogP contribution in [0.5, 0.6) is 0 Å². The van der Waals surface area contributed by atoms with Crippen molar-refractivity contribution in [1.82, 2.24) is 0 Å². The van der Waals surface area contributed by atoms with Crippen LogP contribution in [0.15, 0.2) is 0 Å². The van der Waals surface area contributed by atoms with E-state index in [1.165, 1.54) is 103 Å². The van der Waals surface area contributed by atoms with Crippen LogP contribution in [0.4, 0.5) is 0 Å². The largest absolute Gasteiger partial charge is 0.472 e. The highest BCUT2D eigenvalue weighted by atomic mass is 31.2. The quantitative estimate of drug-likeness (QED) is 0.0222. The highest BCUT2D eigenvalue weighted by Crippen LogP contribution is 2.45. The number of phosphoric ester groups is 2. The normalized spacial score (nSPS) is 14.3. The molecule has 0 aliphatic heterocycles. The lowest BCUT2D eigenvalue weighted by Crippen LogP contribution is -2.30. The first-order valence-electron chi connectivity index (χ1n) is 32.1. The Morgan fingerprint density at radius 1 is 0.338 bits per heavy atom. The topological polar surface area (TPSA) is 237 Å². The Kier molecular flexibility index (Phi) is 53.6. The van der Waals surface area contributed by atoms with Crippen molar-refractivity contribution >= 4 is 39.5 Å². The molecule has 474 valence electrons.